The van der Waals surface area contributed by atoms with Crippen molar-refractivity contribution in [1.82, 2.24) is 4.72 Å². The van der Waals surface area contributed by atoms with E-state index in [-0.39, 0.29) is 10.6 Å². The first kappa shape index (κ1) is 15.4. The Kier molecular flexibility index (Phi) is 5.09. The Bertz CT molecular complexity index is 545. The van der Waals surface area contributed by atoms with E-state index in [2.05, 4.69) is 27.2 Å². The van der Waals surface area contributed by atoms with Crippen LogP contribution in [0.25, 0.3) is 0 Å². The molecule has 1 heterocycles. The molecule has 0 bridgehead atoms. The molecule has 1 unspecified atom stereocenters. The number of halogens is 1. The summed E-state index contributed by atoms with van der Waals surface area (Å²) < 4.78 is 26.9. The van der Waals surface area contributed by atoms with Gasteiger partial charge in [-0.3, -0.25) is 4.79 Å². The molecule has 18 heavy (non-hydrogen) atoms. The van der Waals surface area contributed by atoms with E-state index in [0.29, 0.717) is 3.79 Å². The molecule has 0 saturated heterocycles. The van der Waals surface area contributed by atoms with Crippen LogP contribution in [0.2, 0.25) is 0 Å². The van der Waals surface area contributed by atoms with E-state index in [0.717, 1.165) is 16.9 Å². The zero-order valence-electron chi connectivity index (χ0n) is 9.51. The fourth-order valence-corrected chi connectivity index (χ4v) is 4.62. The zero-order chi connectivity index (χ0) is 13.9. The molecule has 1 aromatic heterocycles. The number of thiophene rings is 1. The van der Waals surface area contributed by atoms with Crippen molar-refractivity contribution in [3.05, 3.63) is 28.1 Å². The van der Waals surface area contributed by atoms with Gasteiger partial charge in [-0.05, 0) is 40.9 Å². The number of rotatable bonds is 6. The fraction of sp³-hybridized carbons (Fsp3) is 0.300. The third kappa shape index (κ3) is 3.64. The molecule has 0 aliphatic rings. The molecule has 2 N–H and O–H groups in total. The number of hydrogen-bond acceptors (Lipinski definition) is 4. The maximum atomic E-state index is 12.0. The molecule has 0 amide bonds. The molecular formula is C10H12BrNO4S2. The summed E-state index contributed by atoms with van der Waals surface area (Å²) in [5, 5.41) is 8.89. The van der Waals surface area contributed by atoms with Crippen LogP contribution >= 0.6 is 27.3 Å². The summed E-state index contributed by atoms with van der Waals surface area (Å²) in [6, 6.07) is 0.290. The van der Waals surface area contributed by atoms with Crippen LogP contribution in [0, 0.1) is 6.92 Å². The minimum atomic E-state index is -3.82. The minimum absolute atomic E-state index is 0.0279. The van der Waals surface area contributed by atoms with Crippen molar-refractivity contribution in [2.24, 2.45) is 0 Å². The SMILES string of the molecule is C=CCC(NS(=O)(=O)c1cc(C)c(Br)s1)C(=O)O. The smallest absolute Gasteiger partial charge is 0.322 e. The van der Waals surface area contributed by atoms with Crippen molar-refractivity contribution in [3.8, 4) is 0 Å². The van der Waals surface area contributed by atoms with Gasteiger partial charge in [-0.25, -0.2) is 8.42 Å². The van der Waals surface area contributed by atoms with E-state index in [1.165, 1.54) is 12.1 Å². The van der Waals surface area contributed by atoms with E-state index in [1.54, 1.807) is 6.92 Å². The highest BCUT2D eigenvalue weighted by atomic mass is 79.9. The highest BCUT2D eigenvalue weighted by molar-refractivity contribution is 9.11. The van der Waals surface area contributed by atoms with E-state index in [9.17, 15) is 13.2 Å². The molecule has 0 saturated carbocycles. The highest BCUT2D eigenvalue weighted by Crippen LogP contribution is 2.30. The molecule has 0 fully saturated rings. The van der Waals surface area contributed by atoms with Gasteiger partial charge in [0.25, 0.3) is 10.0 Å². The van der Waals surface area contributed by atoms with Crippen molar-refractivity contribution in [2.75, 3.05) is 0 Å². The number of sulfonamides is 1. The lowest BCUT2D eigenvalue weighted by molar-refractivity contribution is -0.138. The molecule has 100 valence electrons. The average Bonchev–Trinajstić information content (AvgIpc) is 2.59. The number of carbonyl (C=O) groups is 1. The number of hydrogen-bond donors (Lipinski definition) is 2. The first-order valence-corrected chi connectivity index (χ1v) is 7.99. The minimum Gasteiger partial charge on any atom is -0.480 e. The summed E-state index contributed by atoms with van der Waals surface area (Å²) in [7, 11) is -3.82. The lowest BCUT2D eigenvalue weighted by Crippen LogP contribution is -2.40. The monoisotopic (exact) mass is 353 g/mol. The average molecular weight is 354 g/mol. The Labute approximate surface area is 118 Å². The van der Waals surface area contributed by atoms with Gasteiger partial charge in [-0.2, -0.15) is 4.72 Å². The molecule has 1 aromatic rings. The maximum absolute atomic E-state index is 12.0. The first-order chi connectivity index (χ1) is 8.27. The van der Waals surface area contributed by atoms with Gasteiger partial charge in [0.1, 0.15) is 10.3 Å². The van der Waals surface area contributed by atoms with E-state index in [4.69, 9.17) is 5.11 Å². The molecule has 8 heteroatoms. The van der Waals surface area contributed by atoms with Crippen LogP contribution in [0.4, 0.5) is 0 Å². The molecule has 1 rings (SSSR count). The van der Waals surface area contributed by atoms with Crippen molar-refractivity contribution in [3.63, 3.8) is 0 Å². The number of carboxylic acid groups (broad SMARTS) is 1. The van der Waals surface area contributed by atoms with Gasteiger partial charge in [-0.1, -0.05) is 6.08 Å². The van der Waals surface area contributed by atoms with Crippen molar-refractivity contribution in [1.29, 1.82) is 0 Å². The summed E-state index contributed by atoms with van der Waals surface area (Å²) >= 11 is 4.27. The lowest BCUT2D eigenvalue weighted by Gasteiger charge is -2.11. The first-order valence-electron chi connectivity index (χ1n) is 4.90. The third-order valence-electron chi connectivity index (χ3n) is 2.10. The normalized spacial score (nSPS) is 13.2. The Hall–Kier alpha value is -0.700. The Balaban J connectivity index is 3.00. The highest BCUT2D eigenvalue weighted by Gasteiger charge is 2.26. The number of aliphatic carboxylic acids is 1. The van der Waals surface area contributed by atoms with Crippen LogP contribution in [0.5, 0.6) is 0 Å². The number of aryl methyl sites for hydroxylation is 1. The molecule has 0 aliphatic heterocycles. The predicted octanol–water partition coefficient (Wildman–Crippen LogP) is 2.13. The van der Waals surface area contributed by atoms with Crippen LogP contribution in [0.3, 0.4) is 0 Å². The topological polar surface area (TPSA) is 83.5 Å². The molecule has 5 nitrogen and oxygen atoms in total. The molecule has 0 aliphatic carbocycles. The Morgan fingerprint density at radius 3 is 2.72 bits per heavy atom. The Morgan fingerprint density at radius 1 is 1.72 bits per heavy atom. The van der Waals surface area contributed by atoms with Gasteiger partial charge in [0.05, 0.1) is 3.79 Å². The lowest BCUT2D eigenvalue weighted by atomic mass is 10.2. The molecule has 1 atom stereocenters. The van der Waals surface area contributed by atoms with Crippen molar-refractivity contribution in [2.45, 2.75) is 23.6 Å². The molecule has 0 radical (unpaired) electrons. The van der Waals surface area contributed by atoms with E-state index in [1.807, 2.05) is 0 Å². The van der Waals surface area contributed by atoms with Crippen molar-refractivity contribution < 1.29 is 18.3 Å². The molecular weight excluding hydrogens is 342 g/mol. The van der Waals surface area contributed by atoms with Crippen LogP contribution in [-0.2, 0) is 14.8 Å². The summed E-state index contributed by atoms with van der Waals surface area (Å²) in [5.41, 5.74) is 0.788. The maximum Gasteiger partial charge on any atom is 0.322 e. The second-order valence-electron chi connectivity index (χ2n) is 3.56. The van der Waals surface area contributed by atoms with Crippen LogP contribution in [-0.4, -0.2) is 25.5 Å². The van der Waals surface area contributed by atoms with E-state index < -0.39 is 22.0 Å². The van der Waals surface area contributed by atoms with Gasteiger partial charge in [-0.15, -0.1) is 17.9 Å². The van der Waals surface area contributed by atoms with Crippen LogP contribution in [0.15, 0.2) is 26.7 Å². The van der Waals surface area contributed by atoms with Crippen LogP contribution in [0.1, 0.15) is 12.0 Å². The van der Waals surface area contributed by atoms with Gasteiger partial charge in [0.2, 0.25) is 0 Å². The standard InChI is InChI=1S/C10H12BrNO4S2/c1-3-4-7(10(13)14)12-18(15,16)8-5-6(2)9(11)17-8/h3,5,7,12H,1,4H2,2H3,(H,13,14). The van der Waals surface area contributed by atoms with E-state index >= 15 is 0 Å². The second kappa shape index (κ2) is 5.96. The number of carboxylic acids is 1. The summed E-state index contributed by atoms with van der Waals surface area (Å²) in [6.45, 7) is 5.16. The van der Waals surface area contributed by atoms with Crippen LogP contribution < -0.4 is 4.72 Å². The van der Waals surface area contributed by atoms with Gasteiger partial charge >= 0.3 is 5.97 Å². The van der Waals surface area contributed by atoms with Crippen molar-refractivity contribution >= 4 is 43.3 Å². The largest absolute Gasteiger partial charge is 0.480 e. The summed E-state index contributed by atoms with van der Waals surface area (Å²) in [4.78, 5) is 10.9. The number of nitrogens with one attached hydrogen (secondary N) is 1. The second-order valence-corrected chi connectivity index (χ2v) is 7.87. The van der Waals surface area contributed by atoms with Gasteiger partial charge < -0.3 is 5.11 Å². The van der Waals surface area contributed by atoms with Gasteiger partial charge in [0.15, 0.2) is 0 Å². The molecule has 0 spiro atoms. The zero-order valence-corrected chi connectivity index (χ0v) is 12.7. The molecule has 0 aromatic carbocycles. The third-order valence-corrected chi connectivity index (χ3v) is 6.18. The van der Waals surface area contributed by atoms with Gasteiger partial charge in [0, 0.05) is 0 Å². The Morgan fingerprint density at radius 2 is 2.33 bits per heavy atom. The predicted molar refractivity (Wildman–Crippen MR) is 73.3 cm³/mol. The summed E-state index contributed by atoms with van der Waals surface area (Å²) in [5.74, 6) is -1.23. The summed E-state index contributed by atoms with van der Waals surface area (Å²) in [6.07, 6.45) is 1.39. The quantitative estimate of drug-likeness (QED) is 0.767. The fourth-order valence-electron chi connectivity index (χ4n) is 1.18.